The van der Waals surface area contributed by atoms with Crippen molar-refractivity contribution in [2.24, 2.45) is 0 Å². The van der Waals surface area contributed by atoms with Gasteiger partial charge in [0.05, 0.1) is 22.7 Å². The molecular weight excluding hydrogens is 340 g/mol. The monoisotopic (exact) mass is 352 g/mol. The summed E-state index contributed by atoms with van der Waals surface area (Å²) in [5.74, 6) is 1.85. The van der Waals surface area contributed by atoms with E-state index < -0.39 is 0 Å². The smallest absolute Gasteiger partial charge is 0.147 e. The van der Waals surface area contributed by atoms with E-state index in [-0.39, 0.29) is 5.92 Å². The third kappa shape index (κ3) is 2.42. The van der Waals surface area contributed by atoms with Gasteiger partial charge in [0.1, 0.15) is 16.7 Å². The summed E-state index contributed by atoms with van der Waals surface area (Å²) in [6.45, 7) is 2.74. The fourth-order valence-corrected chi connectivity index (χ4v) is 3.13. The Morgan fingerprint density at radius 2 is 2.15 bits per heavy atom. The zero-order valence-electron chi connectivity index (χ0n) is 11.1. The highest BCUT2D eigenvalue weighted by Crippen LogP contribution is 2.37. The molecule has 0 saturated carbocycles. The number of rotatable bonds is 2. The Labute approximate surface area is 131 Å². The number of nitrogens with zero attached hydrogens (tertiary/aromatic N) is 2. The average Bonchev–Trinajstić information content (AvgIpc) is 2.49. The van der Waals surface area contributed by atoms with Gasteiger partial charge in [-0.25, -0.2) is 9.97 Å². The second-order valence-corrected chi connectivity index (χ2v) is 5.87. The van der Waals surface area contributed by atoms with Crippen LogP contribution in [-0.4, -0.2) is 16.6 Å². The molecule has 0 bridgehead atoms. The van der Waals surface area contributed by atoms with Crippen LogP contribution in [0.1, 0.15) is 36.3 Å². The first-order valence-electron chi connectivity index (χ1n) is 6.64. The molecule has 0 saturated heterocycles. The number of halogens is 2. The standard InChI is InChI=1S/C15H14BrClN2O/c1-2-11-13(16)14(17)19-15(18-11)10-7-8-20-12-6-4-3-5-9(10)12/h3-6,10H,2,7-8H2,1H3. The van der Waals surface area contributed by atoms with Gasteiger partial charge in [-0.2, -0.15) is 0 Å². The van der Waals surface area contributed by atoms with E-state index in [9.17, 15) is 0 Å². The fraction of sp³-hybridized carbons (Fsp3) is 0.333. The van der Waals surface area contributed by atoms with E-state index in [2.05, 4.69) is 38.9 Å². The SMILES string of the molecule is CCc1nc(C2CCOc3ccccc32)nc(Cl)c1Br. The Hall–Kier alpha value is -1.13. The number of ether oxygens (including phenoxy) is 1. The van der Waals surface area contributed by atoms with Crippen molar-refractivity contribution in [3.05, 3.63) is 51.0 Å². The number of aromatic nitrogens is 2. The summed E-state index contributed by atoms with van der Waals surface area (Å²) in [6, 6.07) is 8.06. The molecule has 2 aromatic rings. The maximum Gasteiger partial charge on any atom is 0.147 e. The van der Waals surface area contributed by atoms with Crippen LogP contribution < -0.4 is 4.74 Å². The van der Waals surface area contributed by atoms with E-state index in [1.54, 1.807) is 0 Å². The first kappa shape index (κ1) is 13.8. The Morgan fingerprint density at radius 3 is 2.95 bits per heavy atom. The fourth-order valence-electron chi connectivity index (χ4n) is 2.48. The van der Waals surface area contributed by atoms with Crippen molar-refractivity contribution in [3.8, 4) is 5.75 Å². The van der Waals surface area contributed by atoms with Crippen LogP contribution in [0.5, 0.6) is 5.75 Å². The molecule has 1 aliphatic rings. The van der Waals surface area contributed by atoms with Gasteiger partial charge in [0.25, 0.3) is 0 Å². The normalized spacial score (nSPS) is 17.4. The van der Waals surface area contributed by atoms with E-state index in [0.29, 0.717) is 11.8 Å². The van der Waals surface area contributed by atoms with Crippen LogP contribution in [0.2, 0.25) is 5.15 Å². The molecule has 0 radical (unpaired) electrons. The van der Waals surface area contributed by atoms with Gasteiger partial charge in [0.2, 0.25) is 0 Å². The van der Waals surface area contributed by atoms with Crippen molar-refractivity contribution in [3.63, 3.8) is 0 Å². The highest BCUT2D eigenvalue weighted by molar-refractivity contribution is 9.10. The minimum Gasteiger partial charge on any atom is -0.493 e. The summed E-state index contributed by atoms with van der Waals surface area (Å²) in [7, 11) is 0. The highest BCUT2D eigenvalue weighted by atomic mass is 79.9. The molecule has 20 heavy (non-hydrogen) atoms. The summed E-state index contributed by atoms with van der Waals surface area (Å²) >= 11 is 9.66. The third-order valence-electron chi connectivity index (χ3n) is 3.50. The van der Waals surface area contributed by atoms with Crippen LogP contribution in [0.15, 0.2) is 28.7 Å². The molecule has 0 N–H and O–H groups in total. The molecule has 104 valence electrons. The summed E-state index contributed by atoms with van der Waals surface area (Å²) in [4.78, 5) is 9.13. The second kappa shape index (κ2) is 5.70. The summed E-state index contributed by atoms with van der Waals surface area (Å²) in [5, 5.41) is 0.482. The van der Waals surface area contributed by atoms with E-state index in [0.717, 1.165) is 40.1 Å². The average molecular weight is 354 g/mol. The quantitative estimate of drug-likeness (QED) is 0.752. The van der Waals surface area contributed by atoms with Crippen LogP contribution in [0, 0.1) is 0 Å². The summed E-state index contributed by atoms with van der Waals surface area (Å²) in [6.07, 6.45) is 1.69. The number of fused-ring (bicyclic) bond motifs is 1. The van der Waals surface area contributed by atoms with E-state index in [1.807, 2.05) is 18.2 Å². The Bertz CT molecular complexity index is 648. The highest BCUT2D eigenvalue weighted by Gasteiger charge is 2.26. The molecule has 0 spiro atoms. The minimum atomic E-state index is 0.149. The van der Waals surface area contributed by atoms with Crippen molar-refractivity contribution in [2.75, 3.05) is 6.61 Å². The molecule has 1 atom stereocenters. The van der Waals surface area contributed by atoms with E-state index in [1.165, 1.54) is 0 Å². The number of hydrogen-bond acceptors (Lipinski definition) is 3. The van der Waals surface area contributed by atoms with E-state index in [4.69, 9.17) is 16.3 Å². The Kier molecular flexibility index (Phi) is 3.94. The van der Waals surface area contributed by atoms with Crippen molar-refractivity contribution < 1.29 is 4.74 Å². The number of hydrogen-bond donors (Lipinski definition) is 0. The molecular formula is C15H14BrClN2O. The number of para-hydroxylation sites is 1. The molecule has 0 amide bonds. The van der Waals surface area contributed by atoms with Gasteiger partial charge >= 0.3 is 0 Å². The molecule has 1 aromatic heterocycles. The Balaban J connectivity index is 2.09. The van der Waals surface area contributed by atoms with Crippen LogP contribution in [0.3, 0.4) is 0 Å². The lowest BCUT2D eigenvalue weighted by Gasteiger charge is -2.25. The molecule has 2 heterocycles. The van der Waals surface area contributed by atoms with Gasteiger partial charge < -0.3 is 4.74 Å². The number of benzene rings is 1. The van der Waals surface area contributed by atoms with Crippen LogP contribution in [-0.2, 0) is 6.42 Å². The van der Waals surface area contributed by atoms with Gasteiger partial charge in [0.15, 0.2) is 0 Å². The van der Waals surface area contributed by atoms with Crippen molar-refractivity contribution in [1.82, 2.24) is 9.97 Å². The van der Waals surface area contributed by atoms with Crippen LogP contribution >= 0.6 is 27.5 Å². The summed E-state index contributed by atoms with van der Waals surface area (Å²) in [5.41, 5.74) is 2.09. The van der Waals surface area contributed by atoms with Gasteiger partial charge in [-0.1, -0.05) is 36.7 Å². The molecule has 5 heteroatoms. The lowest BCUT2D eigenvalue weighted by molar-refractivity contribution is 0.274. The molecule has 3 rings (SSSR count). The maximum absolute atomic E-state index is 6.21. The van der Waals surface area contributed by atoms with Crippen molar-refractivity contribution >= 4 is 27.5 Å². The lowest BCUT2D eigenvalue weighted by Crippen LogP contribution is -2.18. The predicted octanol–water partition coefficient (Wildman–Crippen LogP) is 4.37. The van der Waals surface area contributed by atoms with Crippen LogP contribution in [0.25, 0.3) is 0 Å². The topological polar surface area (TPSA) is 35.0 Å². The predicted molar refractivity (Wildman–Crippen MR) is 82.5 cm³/mol. The molecule has 0 fully saturated rings. The lowest BCUT2D eigenvalue weighted by atomic mass is 9.92. The largest absolute Gasteiger partial charge is 0.493 e. The third-order valence-corrected chi connectivity index (χ3v) is 4.84. The molecule has 3 nitrogen and oxygen atoms in total. The van der Waals surface area contributed by atoms with Crippen molar-refractivity contribution in [1.29, 1.82) is 0 Å². The van der Waals surface area contributed by atoms with E-state index >= 15 is 0 Å². The second-order valence-electron chi connectivity index (χ2n) is 4.71. The van der Waals surface area contributed by atoms with Gasteiger partial charge in [-0.3, -0.25) is 0 Å². The van der Waals surface area contributed by atoms with Gasteiger partial charge in [-0.05, 0) is 34.8 Å². The minimum absolute atomic E-state index is 0.149. The van der Waals surface area contributed by atoms with Crippen molar-refractivity contribution in [2.45, 2.75) is 25.7 Å². The molecule has 0 aliphatic carbocycles. The zero-order chi connectivity index (χ0) is 14.1. The molecule has 1 aromatic carbocycles. The number of aryl methyl sites for hydroxylation is 1. The first-order valence-corrected chi connectivity index (χ1v) is 7.81. The van der Waals surface area contributed by atoms with Gasteiger partial charge in [-0.15, -0.1) is 0 Å². The first-order chi connectivity index (χ1) is 9.70. The zero-order valence-corrected chi connectivity index (χ0v) is 13.4. The molecule has 1 aliphatic heterocycles. The van der Waals surface area contributed by atoms with Crippen LogP contribution in [0.4, 0.5) is 0 Å². The summed E-state index contributed by atoms with van der Waals surface area (Å²) < 4.78 is 6.48. The van der Waals surface area contributed by atoms with Gasteiger partial charge in [0, 0.05) is 5.56 Å². The Morgan fingerprint density at radius 1 is 1.35 bits per heavy atom. The maximum atomic E-state index is 6.21. The molecule has 1 unspecified atom stereocenters.